The fraction of sp³-hybridized carbons (Fsp3) is 0.500. The highest BCUT2D eigenvalue weighted by Gasteiger charge is 2.38. The first-order valence-corrected chi connectivity index (χ1v) is 7.18. The Labute approximate surface area is 118 Å². The predicted octanol–water partition coefficient (Wildman–Crippen LogP) is 0.967. The van der Waals surface area contributed by atoms with E-state index in [1.165, 1.54) is 15.9 Å². The molecule has 0 aromatic carbocycles. The monoisotopic (exact) mass is 294 g/mol. The second-order valence-corrected chi connectivity index (χ2v) is 5.79. The van der Waals surface area contributed by atoms with Crippen LogP contribution in [-0.2, 0) is 9.53 Å². The first-order chi connectivity index (χ1) is 9.49. The van der Waals surface area contributed by atoms with E-state index in [9.17, 15) is 9.59 Å². The van der Waals surface area contributed by atoms with Gasteiger partial charge in [0.25, 0.3) is 11.5 Å². The summed E-state index contributed by atoms with van der Waals surface area (Å²) in [6.45, 7) is 3.97. The number of carbonyl (C=O) groups is 1. The van der Waals surface area contributed by atoms with Crippen molar-refractivity contribution in [2.24, 2.45) is 0 Å². The van der Waals surface area contributed by atoms with Crippen molar-refractivity contribution in [3.05, 3.63) is 21.4 Å². The molecule has 3 heterocycles. The van der Waals surface area contributed by atoms with Gasteiger partial charge in [-0.25, -0.2) is 0 Å². The largest absolute Gasteiger partial charge is 0.365 e. The summed E-state index contributed by atoms with van der Waals surface area (Å²) in [4.78, 5) is 28.1. The van der Waals surface area contributed by atoms with Crippen molar-refractivity contribution in [2.45, 2.75) is 32.3 Å². The highest BCUT2D eigenvalue weighted by Crippen LogP contribution is 2.27. The van der Waals surface area contributed by atoms with Gasteiger partial charge in [0.05, 0.1) is 0 Å². The van der Waals surface area contributed by atoms with Crippen LogP contribution < -0.4 is 10.9 Å². The fourth-order valence-electron chi connectivity index (χ4n) is 2.13. The number of aryl methyl sites for hydroxylation is 1. The Balaban J connectivity index is 1.93. The molecule has 2 aromatic rings. The number of thiazole rings is 1. The minimum Gasteiger partial charge on any atom is -0.365 e. The van der Waals surface area contributed by atoms with Gasteiger partial charge >= 0.3 is 0 Å². The molecule has 2 aromatic heterocycles. The molecule has 1 atom stereocenters. The maximum absolute atomic E-state index is 12.3. The van der Waals surface area contributed by atoms with Crippen molar-refractivity contribution in [3.8, 4) is 0 Å². The normalized spacial score (nSPS) is 22.3. The van der Waals surface area contributed by atoms with Gasteiger partial charge in [-0.1, -0.05) is 0 Å². The zero-order valence-electron chi connectivity index (χ0n) is 11.2. The van der Waals surface area contributed by atoms with Crippen LogP contribution in [0, 0.1) is 6.92 Å². The first kappa shape index (κ1) is 13.2. The molecule has 0 bridgehead atoms. The molecule has 8 heteroatoms. The molecule has 1 saturated heterocycles. The Morgan fingerprint density at radius 2 is 2.40 bits per heavy atom. The summed E-state index contributed by atoms with van der Waals surface area (Å²) >= 11 is 1.25. The van der Waals surface area contributed by atoms with Crippen LogP contribution in [0.25, 0.3) is 4.96 Å². The van der Waals surface area contributed by atoms with Gasteiger partial charge in [-0.2, -0.15) is 14.6 Å². The molecule has 0 radical (unpaired) electrons. The Morgan fingerprint density at radius 1 is 1.60 bits per heavy atom. The van der Waals surface area contributed by atoms with E-state index in [0.717, 1.165) is 6.42 Å². The fourth-order valence-corrected chi connectivity index (χ4v) is 2.88. The van der Waals surface area contributed by atoms with E-state index in [4.69, 9.17) is 4.74 Å². The van der Waals surface area contributed by atoms with Gasteiger partial charge in [-0.3, -0.25) is 9.59 Å². The minimum absolute atomic E-state index is 0.201. The van der Waals surface area contributed by atoms with Gasteiger partial charge in [0.1, 0.15) is 17.1 Å². The lowest BCUT2D eigenvalue weighted by molar-refractivity contribution is -0.133. The maximum atomic E-state index is 12.3. The number of hydrogen-bond acceptors (Lipinski definition) is 6. The molecule has 1 aliphatic heterocycles. The molecule has 1 fully saturated rings. The molecule has 1 N–H and O–H groups in total. The minimum atomic E-state index is -0.796. The Kier molecular flexibility index (Phi) is 3.06. The van der Waals surface area contributed by atoms with Gasteiger partial charge in [-0.15, -0.1) is 11.3 Å². The van der Waals surface area contributed by atoms with E-state index in [1.54, 1.807) is 19.2 Å². The summed E-state index contributed by atoms with van der Waals surface area (Å²) in [6, 6.07) is 0. The number of hydrogen-bond donors (Lipinski definition) is 1. The van der Waals surface area contributed by atoms with Crippen LogP contribution in [0.5, 0.6) is 0 Å². The molecule has 20 heavy (non-hydrogen) atoms. The van der Waals surface area contributed by atoms with E-state index < -0.39 is 5.60 Å². The number of nitrogens with one attached hydrogen (secondary N) is 1. The standard InChI is InChI=1S/C12H14N4O3S/c1-7-9(17)14-11-16(15-7)8(6-20-11)13-10(18)12(2)4-3-5-19-12/h6H,3-5H2,1-2H3,(H,13,18). The number of amides is 1. The van der Waals surface area contributed by atoms with Crippen molar-refractivity contribution in [2.75, 3.05) is 11.9 Å². The average molecular weight is 294 g/mol. The van der Waals surface area contributed by atoms with E-state index in [0.29, 0.717) is 29.5 Å². The number of aromatic nitrogens is 3. The number of carbonyl (C=O) groups excluding carboxylic acids is 1. The van der Waals surface area contributed by atoms with Crippen LogP contribution in [0.15, 0.2) is 10.2 Å². The van der Waals surface area contributed by atoms with Crippen LogP contribution in [0.2, 0.25) is 0 Å². The smallest absolute Gasteiger partial charge is 0.295 e. The van der Waals surface area contributed by atoms with E-state index in [2.05, 4.69) is 15.4 Å². The number of nitrogens with zero attached hydrogens (tertiary/aromatic N) is 3. The molecule has 0 aliphatic carbocycles. The first-order valence-electron chi connectivity index (χ1n) is 6.30. The van der Waals surface area contributed by atoms with Crippen molar-refractivity contribution in [1.29, 1.82) is 0 Å². The SMILES string of the molecule is Cc1nn2c(NC(=O)C3(C)CCCO3)csc2nc1=O. The third kappa shape index (κ3) is 2.10. The lowest BCUT2D eigenvalue weighted by Crippen LogP contribution is -2.39. The van der Waals surface area contributed by atoms with Crippen molar-refractivity contribution >= 4 is 28.0 Å². The van der Waals surface area contributed by atoms with Gasteiger partial charge < -0.3 is 10.1 Å². The van der Waals surface area contributed by atoms with Crippen LogP contribution in [0.1, 0.15) is 25.5 Å². The maximum Gasteiger partial charge on any atom is 0.295 e. The molecule has 7 nitrogen and oxygen atoms in total. The highest BCUT2D eigenvalue weighted by atomic mass is 32.1. The lowest BCUT2D eigenvalue weighted by Gasteiger charge is -2.21. The lowest BCUT2D eigenvalue weighted by atomic mass is 10.0. The zero-order valence-corrected chi connectivity index (χ0v) is 12.0. The third-order valence-corrected chi connectivity index (χ3v) is 4.20. The Morgan fingerprint density at radius 3 is 3.10 bits per heavy atom. The molecular weight excluding hydrogens is 280 g/mol. The van der Waals surface area contributed by atoms with Crippen LogP contribution in [0.4, 0.5) is 5.82 Å². The van der Waals surface area contributed by atoms with E-state index in [-0.39, 0.29) is 11.5 Å². The van der Waals surface area contributed by atoms with Crippen LogP contribution >= 0.6 is 11.3 Å². The molecule has 1 unspecified atom stereocenters. The van der Waals surface area contributed by atoms with E-state index >= 15 is 0 Å². The van der Waals surface area contributed by atoms with Crippen molar-refractivity contribution < 1.29 is 9.53 Å². The highest BCUT2D eigenvalue weighted by molar-refractivity contribution is 7.15. The van der Waals surface area contributed by atoms with Crippen LogP contribution in [0.3, 0.4) is 0 Å². The number of rotatable bonds is 2. The summed E-state index contributed by atoms with van der Waals surface area (Å²) in [7, 11) is 0. The molecule has 1 amide bonds. The van der Waals surface area contributed by atoms with Crippen molar-refractivity contribution in [3.63, 3.8) is 0 Å². The third-order valence-electron chi connectivity index (χ3n) is 3.38. The molecule has 106 valence electrons. The molecule has 0 saturated carbocycles. The topological polar surface area (TPSA) is 85.6 Å². The summed E-state index contributed by atoms with van der Waals surface area (Å²) in [5.74, 6) is 0.301. The van der Waals surface area contributed by atoms with Gasteiger partial charge in [0, 0.05) is 12.0 Å². The van der Waals surface area contributed by atoms with Gasteiger partial charge in [0.2, 0.25) is 4.96 Å². The predicted molar refractivity (Wildman–Crippen MR) is 74.1 cm³/mol. The summed E-state index contributed by atoms with van der Waals surface area (Å²) < 4.78 is 6.97. The Hall–Kier alpha value is -1.80. The van der Waals surface area contributed by atoms with Gasteiger partial charge in [0.15, 0.2) is 0 Å². The molecule has 1 aliphatic rings. The molecule has 3 rings (SSSR count). The van der Waals surface area contributed by atoms with Gasteiger partial charge in [-0.05, 0) is 26.7 Å². The number of ether oxygens (including phenoxy) is 1. The number of fused-ring (bicyclic) bond motifs is 1. The zero-order chi connectivity index (χ0) is 14.3. The second-order valence-electron chi connectivity index (χ2n) is 4.95. The number of anilines is 1. The quantitative estimate of drug-likeness (QED) is 0.892. The summed E-state index contributed by atoms with van der Waals surface area (Å²) in [5, 5.41) is 8.65. The average Bonchev–Trinajstić information content (AvgIpc) is 2.99. The van der Waals surface area contributed by atoms with E-state index in [1.807, 2.05) is 0 Å². The van der Waals surface area contributed by atoms with Crippen LogP contribution in [-0.4, -0.2) is 32.7 Å². The van der Waals surface area contributed by atoms with Crippen molar-refractivity contribution in [1.82, 2.24) is 14.6 Å². The summed E-state index contributed by atoms with van der Waals surface area (Å²) in [6.07, 6.45) is 1.57. The second kappa shape index (κ2) is 4.64. The molecule has 0 spiro atoms. The molecular formula is C12H14N4O3S. The summed E-state index contributed by atoms with van der Waals surface area (Å²) in [5.41, 5.74) is -0.856. The Bertz CT molecular complexity index is 730.